The lowest BCUT2D eigenvalue weighted by Crippen LogP contribution is -2.34. The van der Waals surface area contributed by atoms with Crippen LogP contribution in [0.2, 0.25) is 0 Å². The first-order valence-corrected chi connectivity index (χ1v) is 8.11. The molecule has 1 heterocycles. The first-order chi connectivity index (χ1) is 11.5. The maximum atomic E-state index is 12.3. The minimum absolute atomic E-state index is 0.197. The molecular formula is C17H17NO5S. The van der Waals surface area contributed by atoms with Crippen LogP contribution in [0.15, 0.2) is 41.8 Å². The molecule has 0 radical (unpaired) electrons. The molecule has 2 amide bonds. The minimum Gasteiger partial charge on any atom is -0.490 e. The molecule has 0 aromatic heterocycles. The van der Waals surface area contributed by atoms with Crippen LogP contribution in [0.3, 0.4) is 0 Å². The number of hydrogen-bond donors (Lipinski definition) is 0. The van der Waals surface area contributed by atoms with E-state index in [0.717, 1.165) is 22.2 Å². The summed E-state index contributed by atoms with van der Waals surface area (Å²) in [7, 11) is 0. The smallest absolute Gasteiger partial charge is 0.326 e. The van der Waals surface area contributed by atoms with Gasteiger partial charge in [-0.05, 0) is 42.5 Å². The van der Waals surface area contributed by atoms with Crippen molar-refractivity contribution in [2.75, 3.05) is 19.8 Å². The molecule has 1 aromatic rings. The van der Waals surface area contributed by atoms with Crippen molar-refractivity contribution in [3.63, 3.8) is 0 Å². The van der Waals surface area contributed by atoms with Gasteiger partial charge in [-0.3, -0.25) is 19.3 Å². The van der Waals surface area contributed by atoms with Crippen LogP contribution in [0.5, 0.6) is 5.75 Å². The Morgan fingerprint density at radius 2 is 2.17 bits per heavy atom. The second-order valence-electron chi connectivity index (χ2n) is 4.75. The molecule has 1 aromatic carbocycles. The summed E-state index contributed by atoms with van der Waals surface area (Å²) in [4.78, 5) is 36.8. The number of rotatable bonds is 7. The van der Waals surface area contributed by atoms with Gasteiger partial charge in [-0.15, -0.1) is 0 Å². The standard InChI is InChI=1S/C17H17NO5S/c1-3-8-23-13-7-5-6-12(9-13)10-14-16(20)18(17(21)24-14)11-15(19)22-4-2/h3,5-7,9-10H,1,4,8,11H2,2H3/b14-10-. The quantitative estimate of drug-likeness (QED) is 0.429. The Kier molecular flexibility index (Phi) is 6.20. The van der Waals surface area contributed by atoms with Gasteiger partial charge in [-0.25, -0.2) is 0 Å². The molecule has 0 unspecified atom stereocenters. The van der Waals surface area contributed by atoms with Gasteiger partial charge in [0.1, 0.15) is 18.9 Å². The summed E-state index contributed by atoms with van der Waals surface area (Å²) in [5.41, 5.74) is 0.721. The van der Waals surface area contributed by atoms with Crippen molar-refractivity contribution in [3.8, 4) is 5.75 Å². The normalized spacial score (nSPS) is 15.7. The molecule has 2 rings (SSSR count). The van der Waals surface area contributed by atoms with Crippen molar-refractivity contribution in [2.45, 2.75) is 6.92 Å². The molecular weight excluding hydrogens is 330 g/mol. The average Bonchev–Trinajstić information content (AvgIpc) is 2.81. The zero-order valence-electron chi connectivity index (χ0n) is 13.2. The summed E-state index contributed by atoms with van der Waals surface area (Å²) in [6, 6.07) is 7.11. The number of carbonyl (C=O) groups is 3. The molecule has 6 nitrogen and oxygen atoms in total. The van der Waals surface area contributed by atoms with Gasteiger partial charge in [0, 0.05) is 0 Å². The van der Waals surface area contributed by atoms with Crippen molar-refractivity contribution in [1.82, 2.24) is 4.90 Å². The fourth-order valence-electron chi connectivity index (χ4n) is 1.97. The number of nitrogens with zero attached hydrogens (tertiary/aromatic N) is 1. The van der Waals surface area contributed by atoms with Crippen LogP contribution in [0.1, 0.15) is 12.5 Å². The van der Waals surface area contributed by atoms with Gasteiger partial charge in [0.15, 0.2) is 0 Å². The number of thioether (sulfide) groups is 1. The third kappa shape index (κ3) is 4.48. The van der Waals surface area contributed by atoms with E-state index in [0.29, 0.717) is 12.4 Å². The highest BCUT2D eigenvalue weighted by Crippen LogP contribution is 2.32. The SMILES string of the molecule is C=CCOc1cccc(/C=C2\SC(=O)N(CC(=O)OCC)C2=O)c1. The lowest BCUT2D eigenvalue weighted by Gasteiger charge is -2.10. The highest BCUT2D eigenvalue weighted by atomic mass is 32.2. The number of imide groups is 1. The summed E-state index contributed by atoms with van der Waals surface area (Å²) in [5.74, 6) is -0.481. The molecule has 24 heavy (non-hydrogen) atoms. The van der Waals surface area contributed by atoms with Gasteiger partial charge in [0.05, 0.1) is 11.5 Å². The van der Waals surface area contributed by atoms with Gasteiger partial charge in [0.2, 0.25) is 0 Å². The minimum atomic E-state index is -0.610. The number of carbonyl (C=O) groups excluding carboxylic acids is 3. The molecule has 1 fully saturated rings. The zero-order valence-corrected chi connectivity index (χ0v) is 14.0. The van der Waals surface area contributed by atoms with E-state index in [9.17, 15) is 14.4 Å². The van der Waals surface area contributed by atoms with E-state index in [1.54, 1.807) is 43.3 Å². The van der Waals surface area contributed by atoms with Crippen molar-refractivity contribution in [1.29, 1.82) is 0 Å². The summed E-state index contributed by atoms with van der Waals surface area (Å²) < 4.78 is 10.2. The van der Waals surface area contributed by atoms with Gasteiger partial charge < -0.3 is 9.47 Å². The number of esters is 1. The molecule has 0 N–H and O–H groups in total. The number of hydrogen-bond acceptors (Lipinski definition) is 6. The Morgan fingerprint density at radius 3 is 2.88 bits per heavy atom. The van der Waals surface area contributed by atoms with E-state index < -0.39 is 17.1 Å². The predicted octanol–water partition coefficient (Wildman–Crippen LogP) is 2.85. The lowest BCUT2D eigenvalue weighted by molar-refractivity contribution is -0.145. The van der Waals surface area contributed by atoms with Crippen LogP contribution in [-0.4, -0.2) is 41.8 Å². The molecule has 1 saturated heterocycles. The first-order valence-electron chi connectivity index (χ1n) is 7.30. The zero-order chi connectivity index (χ0) is 17.5. The second kappa shape index (κ2) is 8.35. The Bertz CT molecular complexity index is 698. The average molecular weight is 347 g/mol. The Labute approximate surface area is 144 Å². The number of amides is 2. The Balaban J connectivity index is 2.13. The third-order valence-electron chi connectivity index (χ3n) is 2.99. The fraction of sp³-hybridized carbons (Fsp3) is 0.235. The molecule has 126 valence electrons. The number of ether oxygens (including phenoxy) is 2. The van der Waals surface area contributed by atoms with Crippen molar-refractivity contribution < 1.29 is 23.9 Å². The highest BCUT2D eigenvalue weighted by Gasteiger charge is 2.36. The van der Waals surface area contributed by atoms with Crippen molar-refractivity contribution in [3.05, 3.63) is 47.4 Å². The van der Waals surface area contributed by atoms with E-state index in [-0.39, 0.29) is 18.1 Å². The first kappa shape index (κ1) is 17.8. The molecule has 0 aliphatic carbocycles. The van der Waals surface area contributed by atoms with E-state index in [1.807, 2.05) is 0 Å². The van der Waals surface area contributed by atoms with Gasteiger partial charge in [0.25, 0.3) is 11.1 Å². The predicted molar refractivity (Wildman–Crippen MR) is 91.4 cm³/mol. The van der Waals surface area contributed by atoms with Gasteiger partial charge >= 0.3 is 5.97 Å². The fourth-order valence-corrected chi connectivity index (χ4v) is 2.81. The summed E-state index contributed by atoms with van der Waals surface area (Å²) in [6.45, 7) is 5.43. The largest absolute Gasteiger partial charge is 0.490 e. The van der Waals surface area contributed by atoms with Crippen molar-refractivity contribution in [2.24, 2.45) is 0 Å². The van der Waals surface area contributed by atoms with E-state index in [4.69, 9.17) is 9.47 Å². The van der Waals surface area contributed by atoms with Crippen LogP contribution < -0.4 is 4.74 Å². The lowest BCUT2D eigenvalue weighted by atomic mass is 10.2. The maximum absolute atomic E-state index is 12.3. The molecule has 0 saturated carbocycles. The number of benzene rings is 1. The van der Waals surface area contributed by atoms with Crippen molar-refractivity contribution >= 4 is 35.0 Å². The summed E-state index contributed by atoms with van der Waals surface area (Å²) >= 11 is 0.794. The molecule has 0 bridgehead atoms. The second-order valence-corrected chi connectivity index (χ2v) is 5.74. The summed E-state index contributed by atoms with van der Waals surface area (Å²) in [5, 5.41) is -0.488. The van der Waals surface area contributed by atoms with E-state index in [2.05, 4.69) is 6.58 Å². The highest BCUT2D eigenvalue weighted by molar-refractivity contribution is 8.18. The summed E-state index contributed by atoms with van der Waals surface area (Å²) in [6.07, 6.45) is 3.23. The van der Waals surface area contributed by atoms with Crippen LogP contribution in [0.25, 0.3) is 6.08 Å². The van der Waals surface area contributed by atoms with Gasteiger partial charge in [-0.2, -0.15) is 0 Å². The maximum Gasteiger partial charge on any atom is 0.326 e. The third-order valence-corrected chi connectivity index (χ3v) is 3.90. The molecule has 1 aliphatic rings. The van der Waals surface area contributed by atoms with Gasteiger partial charge in [-0.1, -0.05) is 24.8 Å². The Morgan fingerprint density at radius 1 is 1.38 bits per heavy atom. The van der Waals surface area contributed by atoms with Crippen LogP contribution >= 0.6 is 11.8 Å². The van der Waals surface area contributed by atoms with Crippen LogP contribution in [0, 0.1) is 0 Å². The molecule has 7 heteroatoms. The van der Waals surface area contributed by atoms with E-state index >= 15 is 0 Å². The molecule has 0 spiro atoms. The topological polar surface area (TPSA) is 72.9 Å². The monoisotopic (exact) mass is 347 g/mol. The van der Waals surface area contributed by atoms with Crippen LogP contribution in [0.4, 0.5) is 4.79 Å². The Hall–Kier alpha value is -2.54. The molecule has 0 atom stereocenters. The van der Waals surface area contributed by atoms with E-state index in [1.165, 1.54) is 0 Å². The van der Waals surface area contributed by atoms with Crippen LogP contribution in [-0.2, 0) is 14.3 Å². The molecule has 1 aliphatic heterocycles.